The number of aromatic nitrogens is 1. The average Bonchev–Trinajstić information content (AvgIpc) is 3.14. The van der Waals surface area contributed by atoms with Gasteiger partial charge in [-0.25, -0.2) is 4.79 Å². The van der Waals surface area contributed by atoms with Crippen LogP contribution in [0.5, 0.6) is 0 Å². The standard InChI is InChI=1S/C21H33N3O3/c1-4-27-20(25)17-9-7-16(8-10-17)14-22-21(26)24-13-12-23-11-5-6-18(23)19(24)15(2)3/h5-6,11,15-17,19H,4,7-10,12-14H2,1-3H3,(H,22,26)/t16?,17?,19-/m1/s1. The number of carbonyl (C=O) groups excluding carboxylic acids is 2. The van der Waals surface area contributed by atoms with Gasteiger partial charge >= 0.3 is 12.0 Å². The molecule has 1 N–H and O–H groups in total. The summed E-state index contributed by atoms with van der Waals surface area (Å²) in [6.07, 6.45) is 5.78. The molecule has 0 bridgehead atoms. The first-order valence-corrected chi connectivity index (χ1v) is 10.4. The Hall–Kier alpha value is -1.98. The van der Waals surface area contributed by atoms with Gasteiger partial charge in [0.25, 0.3) is 0 Å². The van der Waals surface area contributed by atoms with Crippen LogP contribution in [-0.2, 0) is 16.1 Å². The predicted molar refractivity (Wildman–Crippen MR) is 104 cm³/mol. The van der Waals surface area contributed by atoms with E-state index in [1.807, 2.05) is 11.8 Å². The Labute approximate surface area is 162 Å². The van der Waals surface area contributed by atoms with Gasteiger partial charge in [-0.05, 0) is 56.6 Å². The minimum atomic E-state index is -0.0592. The molecule has 6 heteroatoms. The lowest BCUT2D eigenvalue weighted by Gasteiger charge is -2.39. The fourth-order valence-corrected chi connectivity index (χ4v) is 4.54. The van der Waals surface area contributed by atoms with Gasteiger partial charge in [-0.15, -0.1) is 0 Å². The molecule has 0 aromatic carbocycles. The highest BCUT2D eigenvalue weighted by atomic mass is 16.5. The number of hydrogen-bond acceptors (Lipinski definition) is 3. The van der Waals surface area contributed by atoms with Crippen molar-refractivity contribution in [3.8, 4) is 0 Å². The molecule has 27 heavy (non-hydrogen) atoms. The molecular weight excluding hydrogens is 342 g/mol. The van der Waals surface area contributed by atoms with E-state index < -0.39 is 0 Å². The van der Waals surface area contributed by atoms with Crippen molar-refractivity contribution in [1.29, 1.82) is 0 Å². The number of ether oxygens (including phenoxy) is 1. The van der Waals surface area contributed by atoms with E-state index in [2.05, 4.69) is 42.1 Å². The van der Waals surface area contributed by atoms with Crippen LogP contribution in [0, 0.1) is 17.8 Å². The van der Waals surface area contributed by atoms with E-state index in [-0.39, 0.29) is 24.0 Å². The van der Waals surface area contributed by atoms with Gasteiger partial charge in [0.05, 0.1) is 18.6 Å². The van der Waals surface area contributed by atoms with Gasteiger partial charge in [-0.3, -0.25) is 4.79 Å². The minimum Gasteiger partial charge on any atom is -0.466 e. The number of urea groups is 1. The second kappa shape index (κ2) is 8.81. The first kappa shape index (κ1) is 19.8. The molecule has 3 rings (SSSR count). The lowest BCUT2D eigenvalue weighted by atomic mass is 9.82. The maximum absolute atomic E-state index is 12.9. The van der Waals surface area contributed by atoms with Gasteiger partial charge in [0.2, 0.25) is 0 Å². The molecule has 1 saturated carbocycles. The van der Waals surface area contributed by atoms with Crippen LogP contribution in [0.2, 0.25) is 0 Å². The fraction of sp³-hybridized carbons (Fsp3) is 0.714. The fourth-order valence-electron chi connectivity index (χ4n) is 4.54. The Bertz CT molecular complexity index is 647. The van der Waals surface area contributed by atoms with Gasteiger partial charge in [0, 0.05) is 31.5 Å². The Balaban J connectivity index is 1.50. The van der Waals surface area contributed by atoms with Crippen LogP contribution in [0.25, 0.3) is 0 Å². The Kier molecular flexibility index (Phi) is 6.45. The number of amides is 2. The number of hydrogen-bond donors (Lipinski definition) is 1. The molecule has 1 aliphatic carbocycles. The summed E-state index contributed by atoms with van der Waals surface area (Å²) in [6, 6.07) is 4.34. The van der Waals surface area contributed by atoms with Gasteiger partial charge in [0.15, 0.2) is 0 Å². The first-order chi connectivity index (χ1) is 13.0. The van der Waals surface area contributed by atoms with Crippen LogP contribution in [0.1, 0.15) is 58.2 Å². The second-order valence-electron chi connectivity index (χ2n) is 8.16. The molecular formula is C21H33N3O3. The summed E-state index contributed by atoms with van der Waals surface area (Å²) in [4.78, 5) is 26.7. The van der Waals surface area contributed by atoms with E-state index >= 15 is 0 Å². The van der Waals surface area contributed by atoms with Crippen molar-refractivity contribution in [2.75, 3.05) is 19.7 Å². The average molecular weight is 376 g/mol. The third kappa shape index (κ3) is 4.47. The molecule has 2 heterocycles. The van der Waals surface area contributed by atoms with Crippen LogP contribution in [0.15, 0.2) is 18.3 Å². The summed E-state index contributed by atoms with van der Waals surface area (Å²) < 4.78 is 7.39. The van der Waals surface area contributed by atoms with Crippen molar-refractivity contribution in [2.24, 2.45) is 17.8 Å². The molecule has 1 aromatic rings. The topological polar surface area (TPSA) is 63.6 Å². The maximum Gasteiger partial charge on any atom is 0.318 e. The number of carbonyl (C=O) groups is 2. The van der Waals surface area contributed by atoms with Crippen LogP contribution in [0.4, 0.5) is 4.79 Å². The highest BCUT2D eigenvalue weighted by Gasteiger charge is 2.33. The van der Waals surface area contributed by atoms with Crippen LogP contribution in [-0.4, -0.2) is 41.2 Å². The maximum atomic E-state index is 12.9. The van der Waals surface area contributed by atoms with Crippen molar-refractivity contribution < 1.29 is 14.3 Å². The van der Waals surface area contributed by atoms with Crippen LogP contribution in [0.3, 0.4) is 0 Å². The number of rotatable bonds is 5. The number of esters is 1. The lowest BCUT2D eigenvalue weighted by molar-refractivity contribution is -0.149. The first-order valence-electron chi connectivity index (χ1n) is 10.4. The zero-order valence-corrected chi connectivity index (χ0v) is 16.8. The Morgan fingerprint density at radius 2 is 1.96 bits per heavy atom. The van der Waals surface area contributed by atoms with Gasteiger partial charge in [0.1, 0.15) is 0 Å². The zero-order valence-electron chi connectivity index (χ0n) is 16.8. The molecule has 1 aliphatic heterocycles. The number of fused-ring (bicyclic) bond motifs is 1. The largest absolute Gasteiger partial charge is 0.466 e. The van der Waals surface area contributed by atoms with Gasteiger partial charge in [-0.2, -0.15) is 0 Å². The van der Waals surface area contributed by atoms with Gasteiger partial charge in [-0.1, -0.05) is 13.8 Å². The summed E-state index contributed by atoms with van der Waals surface area (Å²) >= 11 is 0. The van der Waals surface area contributed by atoms with E-state index in [9.17, 15) is 9.59 Å². The zero-order chi connectivity index (χ0) is 19.4. The minimum absolute atomic E-state index is 0.0358. The summed E-state index contributed by atoms with van der Waals surface area (Å²) in [5.74, 6) is 0.795. The Morgan fingerprint density at radius 1 is 1.22 bits per heavy atom. The van der Waals surface area contributed by atoms with Gasteiger partial charge < -0.3 is 19.5 Å². The van der Waals surface area contributed by atoms with Crippen molar-refractivity contribution in [3.05, 3.63) is 24.0 Å². The van der Waals surface area contributed by atoms with Crippen LogP contribution < -0.4 is 5.32 Å². The molecule has 0 radical (unpaired) electrons. The molecule has 0 saturated heterocycles. The molecule has 150 valence electrons. The third-order valence-corrected chi connectivity index (χ3v) is 5.99. The summed E-state index contributed by atoms with van der Waals surface area (Å²) in [6.45, 7) is 8.92. The van der Waals surface area contributed by atoms with Crippen molar-refractivity contribution in [2.45, 2.75) is 59.0 Å². The molecule has 2 aliphatic rings. The smallest absolute Gasteiger partial charge is 0.318 e. The molecule has 0 unspecified atom stereocenters. The quantitative estimate of drug-likeness (QED) is 0.800. The van der Waals surface area contributed by atoms with Crippen molar-refractivity contribution in [1.82, 2.24) is 14.8 Å². The molecule has 2 amide bonds. The van der Waals surface area contributed by atoms with Crippen molar-refractivity contribution in [3.63, 3.8) is 0 Å². The third-order valence-electron chi connectivity index (χ3n) is 5.99. The van der Waals surface area contributed by atoms with Crippen LogP contribution >= 0.6 is 0 Å². The SMILES string of the molecule is CCOC(=O)C1CCC(CNC(=O)N2CCn3cccc3[C@H]2C(C)C)CC1. The van der Waals surface area contributed by atoms with Crippen molar-refractivity contribution >= 4 is 12.0 Å². The lowest BCUT2D eigenvalue weighted by Crippen LogP contribution is -2.49. The highest BCUT2D eigenvalue weighted by molar-refractivity contribution is 5.75. The van der Waals surface area contributed by atoms with E-state index in [0.29, 0.717) is 25.0 Å². The monoisotopic (exact) mass is 375 g/mol. The summed E-state index contributed by atoms with van der Waals surface area (Å²) in [7, 11) is 0. The van der Waals surface area contributed by atoms with E-state index in [4.69, 9.17) is 4.74 Å². The predicted octanol–water partition coefficient (Wildman–Crippen LogP) is 3.58. The molecule has 6 nitrogen and oxygen atoms in total. The normalized spacial score (nSPS) is 25.2. The molecule has 1 aromatic heterocycles. The second-order valence-corrected chi connectivity index (χ2v) is 8.16. The molecule has 1 atom stereocenters. The summed E-state index contributed by atoms with van der Waals surface area (Å²) in [5.41, 5.74) is 1.22. The number of nitrogens with zero attached hydrogens (tertiary/aromatic N) is 2. The molecule has 0 spiro atoms. The number of nitrogens with one attached hydrogen (secondary N) is 1. The van der Waals surface area contributed by atoms with E-state index in [0.717, 1.165) is 38.8 Å². The summed E-state index contributed by atoms with van der Waals surface area (Å²) in [5, 5.41) is 3.16. The highest BCUT2D eigenvalue weighted by Crippen LogP contribution is 2.33. The Morgan fingerprint density at radius 3 is 2.63 bits per heavy atom. The van der Waals surface area contributed by atoms with E-state index in [1.165, 1.54) is 5.69 Å². The molecule has 1 fully saturated rings. The van der Waals surface area contributed by atoms with E-state index in [1.54, 1.807) is 0 Å².